The number of ether oxygens (including phenoxy) is 1. The average molecular weight is 361 g/mol. The Morgan fingerprint density at radius 1 is 1.45 bits per heavy atom. The monoisotopic (exact) mass is 360 g/mol. The lowest BCUT2D eigenvalue weighted by Crippen LogP contribution is -2.12. The number of hydrogen-bond donors (Lipinski definition) is 1. The van der Waals surface area contributed by atoms with Crippen LogP contribution in [0.25, 0.3) is 0 Å². The predicted molar refractivity (Wildman–Crippen MR) is 85.1 cm³/mol. The number of esters is 1. The minimum Gasteiger partial charge on any atom is -0.462 e. The van der Waals surface area contributed by atoms with Gasteiger partial charge in [-0.2, -0.15) is 0 Å². The van der Waals surface area contributed by atoms with Gasteiger partial charge in [-0.1, -0.05) is 11.6 Å². The fraction of sp³-hybridized carbons (Fsp3) is 0.231. The molecule has 2 rings (SSSR count). The van der Waals surface area contributed by atoms with Gasteiger partial charge in [0.25, 0.3) is 10.0 Å². The van der Waals surface area contributed by atoms with E-state index in [1.54, 1.807) is 19.9 Å². The fourth-order valence-electron chi connectivity index (χ4n) is 1.64. The van der Waals surface area contributed by atoms with Gasteiger partial charge in [-0.25, -0.2) is 18.2 Å². The normalized spacial score (nSPS) is 11.2. The maximum atomic E-state index is 12.2. The summed E-state index contributed by atoms with van der Waals surface area (Å²) in [6.45, 7) is 3.68. The molecule has 0 fully saturated rings. The lowest BCUT2D eigenvalue weighted by atomic mass is 10.3. The zero-order valence-electron chi connectivity index (χ0n) is 11.8. The van der Waals surface area contributed by atoms with Gasteiger partial charge in [0, 0.05) is 6.20 Å². The molecule has 0 unspecified atom stereocenters. The zero-order valence-corrected chi connectivity index (χ0v) is 14.2. The molecule has 2 heterocycles. The third kappa shape index (κ3) is 3.76. The molecule has 2 aromatic rings. The number of pyridine rings is 1. The van der Waals surface area contributed by atoms with Gasteiger partial charge >= 0.3 is 5.97 Å². The molecule has 0 aromatic carbocycles. The fourth-order valence-corrected chi connectivity index (χ4v) is 3.95. The molecule has 0 amide bonds. The zero-order chi connectivity index (χ0) is 16.3. The largest absolute Gasteiger partial charge is 0.462 e. The minimum atomic E-state index is -3.78. The van der Waals surface area contributed by atoms with Crippen LogP contribution in [0.1, 0.15) is 22.2 Å². The first-order chi connectivity index (χ1) is 10.3. The van der Waals surface area contributed by atoms with E-state index >= 15 is 0 Å². The Bertz CT molecular complexity index is 785. The molecular weight excluding hydrogens is 348 g/mol. The number of nitrogens with one attached hydrogen (secondary N) is 1. The van der Waals surface area contributed by atoms with Gasteiger partial charge < -0.3 is 4.74 Å². The topological polar surface area (TPSA) is 85.4 Å². The molecule has 0 saturated heterocycles. The molecule has 0 aliphatic carbocycles. The van der Waals surface area contributed by atoms with E-state index in [0.717, 1.165) is 17.5 Å². The summed E-state index contributed by atoms with van der Waals surface area (Å²) in [4.78, 5) is 15.8. The van der Waals surface area contributed by atoms with Crippen molar-refractivity contribution in [3.63, 3.8) is 0 Å². The van der Waals surface area contributed by atoms with Crippen LogP contribution in [-0.4, -0.2) is 26.0 Å². The molecule has 2 aromatic heterocycles. The summed E-state index contributed by atoms with van der Waals surface area (Å²) in [5.41, 5.74) is 0.649. The van der Waals surface area contributed by atoms with E-state index in [1.165, 1.54) is 12.1 Å². The molecule has 6 nitrogen and oxygen atoms in total. The molecule has 0 saturated carbocycles. The van der Waals surface area contributed by atoms with E-state index < -0.39 is 16.0 Å². The molecule has 22 heavy (non-hydrogen) atoms. The van der Waals surface area contributed by atoms with Crippen molar-refractivity contribution >= 4 is 43.9 Å². The van der Waals surface area contributed by atoms with Gasteiger partial charge in [0.1, 0.15) is 19.9 Å². The molecule has 0 spiro atoms. The molecule has 0 atom stereocenters. The van der Waals surface area contributed by atoms with Crippen molar-refractivity contribution in [1.82, 2.24) is 4.98 Å². The number of halogens is 1. The van der Waals surface area contributed by atoms with Crippen molar-refractivity contribution in [3.8, 4) is 0 Å². The number of anilines is 1. The summed E-state index contributed by atoms with van der Waals surface area (Å²) >= 11 is 6.66. The summed E-state index contributed by atoms with van der Waals surface area (Å²) in [6.07, 6.45) is 1.16. The maximum Gasteiger partial charge on any atom is 0.348 e. The standard InChI is InChI=1S/C13H13ClN2O4S2/c1-3-20-13(17)12-8(2)6-11(21-12)16-22(18,19)9-4-5-10(14)15-7-9/h4-7,16H,3H2,1-2H3. The van der Waals surface area contributed by atoms with Gasteiger partial charge in [-0.3, -0.25) is 4.72 Å². The summed E-state index contributed by atoms with van der Waals surface area (Å²) < 4.78 is 31.8. The molecule has 0 radical (unpaired) electrons. The summed E-state index contributed by atoms with van der Waals surface area (Å²) in [5, 5.41) is 0.533. The maximum absolute atomic E-state index is 12.2. The Morgan fingerprint density at radius 3 is 2.77 bits per heavy atom. The summed E-state index contributed by atoms with van der Waals surface area (Å²) in [5.74, 6) is -0.469. The SMILES string of the molecule is CCOC(=O)c1sc(NS(=O)(=O)c2ccc(Cl)nc2)cc1C. The molecular formula is C13H13ClN2O4S2. The van der Waals surface area contributed by atoms with Crippen LogP contribution >= 0.6 is 22.9 Å². The van der Waals surface area contributed by atoms with E-state index in [-0.39, 0.29) is 16.7 Å². The van der Waals surface area contributed by atoms with Crippen molar-refractivity contribution in [1.29, 1.82) is 0 Å². The van der Waals surface area contributed by atoms with Gasteiger partial charge in [0.05, 0.1) is 6.61 Å². The highest BCUT2D eigenvalue weighted by atomic mass is 35.5. The Balaban J connectivity index is 2.25. The molecule has 0 bridgehead atoms. The van der Waals surface area contributed by atoms with Gasteiger partial charge in [-0.15, -0.1) is 11.3 Å². The van der Waals surface area contributed by atoms with E-state index in [0.29, 0.717) is 15.4 Å². The Kier molecular flexibility index (Phi) is 5.05. The number of aromatic nitrogens is 1. The lowest BCUT2D eigenvalue weighted by Gasteiger charge is -2.05. The summed E-state index contributed by atoms with van der Waals surface area (Å²) in [7, 11) is -3.78. The number of carbonyl (C=O) groups is 1. The molecule has 118 valence electrons. The van der Waals surface area contributed by atoms with E-state index in [1.807, 2.05) is 0 Å². The number of hydrogen-bond acceptors (Lipinski definition) is 6. The number of rotatable bonds is 5. The summed E-state index contributed by atoms with van der Waals surface area (Å²) in [6, 6.07) is 4.32. The molecule has 9 heteroatoms. The van der Waals surface area contributed by atoms with Crippen molar-refractivity contribution < 1.29 is 17.9 Å². The van der Waals surface area contributed by atoms with E-state index in [9.17, 15) is 13.2 Å². The van der Waals surface area contributed by atoms with E-state index in [2.05, 4.69) is 9.71 Å². The van der Waals surface area contributed by atoms with Crippen LogP contribution in [0.15, 0.2) is 29.3 Å². The first-order valence-electron chi connectivity index (χ1n) is 6.25. The molecule has 1 N–H and O–H groups in total. The van der Waals surface area contributed by atoms with Crippen LogP contribution in [0.2, 0.25) is 5.15 Å². The number of thiophene rings is 1. The van der Waals surface area contributed by atoms with Crippen LogP contribution < -0.4 is 4.72 Å². The third-order valence-corrected chi connectivity index (χ3v) is 5.46. The van der Waals surface area contributed by atoms with Crippen molar-refractivity contribution in [3.05, 3.63) is 40.0 Å². The number of nitrogens with zero attached hydrogens (tertiary/aromatic N) is 1. The molecule has 0 aliphatic heterocycles. The van der Waals surface area contributed by atoms with Crippen LogP contribution in [-0.2, 0) is 14.8 Å². The van der Waals surface area contributed by atoms with Gasteiger partial charge in [0.2, 0.25) is 0 Å². The first kappa shape index (κ1) is 16.7. The Hall–Kier alpha value is -1.64. The van der Waals surface area contributed by atoms with Crippen LogP contribution in [0.3, 0.4) is 0 Å². The number of carbonyl (C=O) groups excluding carboxylic acids is 1. The van der Waals surface area contributed by atoms with Crippen molar-refractivity contribution in [2.75, 3.05) is 11.3 Å². The smallest absolute Gasteiger partial charge is 0.348 e. The quantitative estimate of drug-likeness (QED) is 0.654. The predicted octanol–water partition coefficient (Wildman–Crippen LogP) is 3.08. The molecule has 0 aliphatic rings. The Labute approximate surface area is 137 Å². The van der Waals surface area contributed by atoms with Crippen LogP contribution in [0.5, 0.6) is 0 Å². The highest BCUT2D eigenvalue weighted by molar-refractivity contribution is 7.93. The lowest BCUT2D eigenvalue weighted by molar-refractivity contribution is 0.0531. The van der Waals surface area contributed by atoms with Crippen LogP contribution in [0, 0.1) is 6.92 Å². The number of aryl methyl sites for hydroxylation is 1. The van der Waals surface area contributed by atoms with Crippen molar-refractivity contribution in [2.45, 2.75) is 18.7 Å². The number of sulfonamides is 1. The highest BCUT2D eigenvalue weighted by Crippen LogP contribution is 2.29. The van der Waals surface area contributed by atoms with Crippen LogP contribution in [0.4, 0.5) is 5.00 Å². The highest BCUT2D eigenvalue weighted by Gasteiger charge is 2.19. The van der Waals surface area contributed by atoms with Gasteiger partial charge in [0.15, 0.2) is 0 Å². The third-order valence-electron chi connectivity index (χ3n) is 2.62. The van der Waals surface area contributed by atoms with Crippen molar-refractivity contribution in [2.24, 2.45) is 0 Å². The second-order valence-corrected chi connectivity index (χ2v) is 7.39. The average Bonchev–Trinajstić information content (AvgIpc) is 2.79. The van der Waals surface area contributed by atoms with Gasteiger partial charge in [-0.05, 0) is 37.6 Å². The second kappa shape index (κ2) is 6.64. The first-order valence-corrected chi connectivity index (χ1v) is 8.93. The minimum absolute atomic E-state index is 0.0133. The second-order valence-electron chi connectivity index (χ2n) is 4.27. The van der Waals surface area contributed by atoms with E-state index in [4.69, 9.17) is 16.3 Å². The Morgan fingerprint density at radius 2 is 2.18 bits per heavy atom.